The second-order valence-electron chi connectivity index (χ2n) is 5.94. The monoisotopic (exact) mass is 291 g/mol. The standard InChI is InChI=1S/C17H25NO3/c1-4-20-15-5-7-16(8-6-15)21-12-17(19)18-10-13(2)9-14(3)11-18/h5-8,13-14H,4,9-12H2,1-3H3. The molecule has 1 aromatic rings. The Bertz CT molecular complexity index is 448. The maximum absolute atomic E-state index is 12.2. The zero-order chi connectivity index (χ0) is 15.2. The van der Waals surface area contributed by atoms with Crippen LogP contribution in [0.3, 0.4) is 0 Å². The lowest BCUT2D eigenvalue weighted by Gasteiger charge is -2.34. The SMILES string of the molecule is CCOc1ccc(OCC(=O)N2CC(C)CC(C)C2)cc1. The van der Waals surface area contributed by atoms with Crippen molar-refractivity contribution < 1.29 is 14.3 Å². The largest absolute Gasteiger partial charge is 0.494 e. The minimum atomic E-state index is 0.0716. The van der Waals surface area contributed by atoms with E-state index in [-0.39, 0.29) is 12.5 Å². The molecule has 0 spiro atoms. The third-order valence-electron chi connectivity index (χ3n) is 3.72. The number of carbonyl (C=O) groups is 1. The van der Waals surface area contributed by atoms with E-state index in [9.17, 15) is 4.79 Å². The van der Waals surface area contributed by atoms with Crippen LogP contribution in [0, 0.1) is 11.8 Å². The Kier molecular flexibility index (Phi) is 5.48. The van der Waals surface area contributed by atoms with Crippen LogP contribution >= 0.6 is 0 Å². The van der Waals surface area contributed by atoms with E-state index in [4.69, 9.17) is 9.47 Å². The van der Waals surface area contributed by atoms with Gasteiger partial charge in [0, 0.05) is 13.1 Å². The molecule has 0 radical (unpaired) electrons. The zero-order valence-electron chi connectivity index (χ0n) is 13.2. The summed E-state index contributed by atoms with van der Waals surface area (Å²) in [5, 5.41) is 0. The van der Waals surface area contributed by atoms with E-state index in [2.05, 4.69) is 13.8 Å². The number of amides is 1. The third kappa shape index (κ3) is 4.66. The number of likely N-dealkylation sites (tertiary alicyclic amines) is 1. The molecule has 1 saturated heterocycles. The molecule has 2 rings (SSSR count). The van der Waals surface area contributed by atoms with Crippen LogP contribution in [-0.4, -0.2) is 37.1 Å². The van der Waals surface area contributed by atoms with Crippen molar-refractivity contribution in [3.63, 3.8) is 0 Å². The van der Waals surface area contributed by atoms with E-state index < -0.39 is 0 Å². The van der Waals surface area contributed by atoms with Crippen molar-refractivity contribution in [3.05, 3.63) is 24.3 Å². The Labute approximate surface area is 127 Å². The first-order valence-electron chi connectivity index (χ1n) is 7.72. The molecule has 0 saturated carbocycles. The van der Waals surface area contributed by atoms with Crippen LogP contribution in [0.4, 0.5) is 0 Å². The molecular weight excluding hydrogens is 266 g/mol. The van der Waals surface area contributed by atoms with E-state index in [1.165, 1.54) is 6.42 Å². The van der Waals surface area contributed by atoms with Gasteiger partial charge in [-0.3, -0.25) is 4.79 Å². The van der Waals surface area contributed by atoms with Crippen LogP contribution in [0.1, 0.15) is 27.2 Å². The van der Waals surface area contributed by atoms with Gasteiger partial charge in [0.15, 0.2) is 6.61 Å². The van der Waals surface area contributed by atoms with Crippen molar-refractivity contribution in [2.24, 2.45) is 11.8 Å². The van der Waals surface area contributed by atoms with Crippen molar-refractivity contribution >= 4 is 5.91 Å². The molecule has 1 aromatic carbocycles. The number of hydrogen-bond donors (Lipinski definition) is 0. The molecule has 1 aliphatic rings. The number of rotatable bonds is 5. The lowest BCUT2D eigenvalue weighted by atomic mass is 9.92. The van der Waals surface area contributed by atoms with E-state index in [0.29, 0.717) is 24.2 Å². The first kappa shape index (κ1) is 15.7. The highest BCUT2D eigenvalue weighted by molar-refractivity contribution is 5.77. The van der Waals surface area contributed by atoms with Crippen molar-refractivity contribution in [1.29, 1.82) is 0 Å². The van der Waals surface area contributed by atoms with Gasteiger partial charge in [0.05, 0.1) is 6.61 Å². The molecule has 1 amide bonds. The fourth-order valence-electron chi connectivity index (χ4n) is 2.90. The van der Waals surface area contributed by atoms with Gasteiger partial charge in [-0.2, -0.15) is 0 Å². The number of hydrogen-bond acceptors (Lipinski definition) is 3. The second-order valence-corrected chi connectivity index (χ2v) is 5.94. The van der Waals surface area contributed by atoms with E-state index in [1.807, 2.05) is 36.1 Å². The molecule has 21 heavy (non-hydrogen) atoms. The molecule has 1 fully saturated rings. The molecule has 0 aliphatic carbocycles. The summed E-state index contributed by atoms with van der Waals surface area (Å²) in [6.07, 6.45) is 1.20. The number of benzene rings is 1. The quantitative estimate of drug-likeness (QED) is 0.837. The molecule has 1 aliphatic heterocycles. The van der Waals surface area contributed by atoms with Crippen LogP contribution in [0.15, 0.2) is 24.3 Å². The van der Waals surface area contributed by atoms with Gasteiger partial charge in [0.25, 0.3) is 5.91 Å². The highest BCUT2D eigenvalue weighted by Crippen LogP contribution is 2.21. The molecule has 116 valence electrons. The fourth-order valence-corrected chi connectivity index (χ4v) is 2.90. The first-order valence-corrected chi connectivity index (χ1v) is 7.72. The van der Waals surface area contributed by atoms with Gasteiger partial charge in [0.1, 0.15) is 11.5 Å². The molecule has 2 atom stereocenters. The number of nitrogens with zero attached hydrogens (tertiary/aromatic N) is 1. The van der Waals surface area contributed by atoms with Gasteiger partial charge in [-0.1, -0.05) is 13.8 Å². The van der Waals surface area contributed by atoms with Gasteiger partial charge in [0.2, 0.25) is 0 Å². The maximum atomic E-state index is 12.2. The molecule has 2 unspecified atom stereocenters. The Hall–Kier alpha value is -1.71. The summed E-state index contributed by atoms with van der Waals surface area (Å²) >= 11 is 0. The van der Waals surface area contributed by atoms with Gasteiger partial charge < -0.3 is 14.4 Å². The molecule has 1 heterocycles. The average Bonchev–Trinajstić information content (AvgIpc) is 2.45. The average molecular weight is 291 g/mol. The maximum Gasteiger partial charge on any atom is 0.260 e. The molecule has 4 nitrogen and oxygen atoms in total. The van der Waals surface area contributed by atoms with Crippen molar-refractivity contribution in [1.82, 2.24) is 4.90 Å². The normalized spacial score (nSPS) is 22.0. The topological polar surface area (TPSA) is 38.8 Å². The van der Waals surface area contributed by atoms with Crippen LogP contribution in [0.25, 0.3) is 0 Å². The molecule has 0 N–H and O–H groups in total. The number of piperidine rings is 1. The van der Waals surface area contributed by atoms with E-state index in [0.717, 1.165) is 18.8 Å². The lowest BCUT2D eigenvalue weighted by Crippen LogP contribution is -2.44. The minimum absolute atomic E-state index is 0.0716. The zero-order valence-corrected chi connectivity index (χ0v) is 13.2. The summed E-state index contributed by atoms with van der Waals surface area (Å²) in [5.74, 6) is 2.73. The molecule has 0 aromatic heterocycles. The number of carbonyl (C=O) groups excluding carboxylic acids is 1. The van der Waals surface area contributed by atoms with Crippen molar-refractivity contribution in [2.45, 2.75) is 27.2 Å². The summed E-state index contributed by atoms with van der Waals surface area (Å²) in [5.41, 5.74) is 0. The van der Waals surface area contributed by atoms with Gasteiger partial charge in [-0.15, -0.1) is 0 Å². The van der Waals surface area contributed by atoms with Crippen molar-refractivity contribution in [2.75, 3.05) is 26.3 Å². The van der Waals surface area contributed by atoms with Crippen LogP contribution in [0.5, 0.6) is 11.5 Å². The summed E-state index contributed by atoms with van der Waals surface area (Å²) in [6, 6.07) is 7.38. The third-order valence-corrected chi connectivity index (χ3v) is 3.72. The molecule has 0 bridgehead atoms. The Morgan fingerprint density at radius 2 is 1.62 bits per heavy atom. The summed E-state index contributed by atoms with van der Waals surface area (Å²) in [4.78, 5) is 14.1. The van der Waals surface area contributed by atoms with E-state index in [1.54, 1.807) is 0 Å². The second kappa shape index (κ2) is 7.34. The van der Waals surface area contributed by atoms with Crippen LogP contribution in [-0.2, 0) is 4.79 Å². The Balaban J connectivity index is 1.83. The summed E-state index contributed by atoms with van der Waals surface area (Å²) in [6.45, 7) is 8.78. The highest BCUT2D eigenvalue weighted by atomic mass is 16.5. The van der Waals surface area contributed by atoms with E-state index >= 15 is 0 Å². The fraction of sp³-hybridized carbons (Fsp3) is 0.588. The predicted molar refractivity (Wildman–Crippen MR) is 82.6 cm³/mol. The van der Waals surface area contributed by atoms with Gasteiger partial charge >= 0.3 is 0 Å². The molecule has 4 heteroatoms. The summed E-state index contributed by atoms with van der Waals surface area (Å²) in [7, 11) is 0. The lowest BCUT2D eigenvalue weighted by molar-refractivity contribution is -0.136. The Morgan fingerprint density at radius 3 is 2.14 bits per heavy atom. The first-order chi connectivity index (χ1) is 10.1. The summed E-state index contributed by atoms with van der Waals surface area (Å²) < 4.78 is 11.0. The highest BCUT2D eigenvalue weighted by Gasteiger charge is 2.25. The van der Waals surface area contributed by atoms with Crippen LogP contribution in [0.2, 0.25) is 0 Å². The number of ether oxygens (including phenoxy) is 2. The molecular formula is C17H25NO3. The minimum Gasteiger partial charge on any atom is -0.494 e. The Morgan fingerprint density at radius 1 is 1.10 bits per heavy atom. The smallest absolute Gasteiger partial charge is 0.260 e. The van der Waals surface area contributed by atoms with Crippen LogP contribution < -0.4 is 9.47 Å². The van der Waals surface area contributed by atoms with Gasteiger partial charge in [-0.05, 0) is 49.4 Å². The van der Waals surface area contributed by atoms with Gasteiger partial charge in [-0.25, -0.2) is 0 Å². The van der Waals surface area contributed by atoms with Crippen molar-refractivity contribution in [3.8, 4) is 11.5 Å². The predicted octanol–water partition coefficient (Wildman–Crippen LogP) is 2.97.